The SMILES string of the molecule is COc1ccc(C(=O)C2=Cc3cc4ccc(OC)cc4nc3N3CCCCN=C23)cc1. The number of methoxy groups -OCH3 is 2. The minimum atomic E-state index is -0.0474. The van der Waals surface area contributed by atoms with Crippen LogP contribution in [-0.2, 0) is 0 Å². The van der Waals surface area contributed by atoms with E-state index in [1.54, 1.807) is 38.5 Å². The number of pyridine rings is 1. The molecule has 0 atom stereocenters. The number of aromatic nitrogens is 1. The molecule has 0 aliphatic carbocycles. The molecule has 0 saturated heterocycles. The van der Waals surface area contributed by atoms with Crippen molar-refractivity contribution in [2.75, 3.05) is 32.2 Å². The van der Waals surface area contributed by atoms with E-state index >= 15 is 0 Å². The van der Waals surface area contributed by atoms with Crippen LogP contribution in [-0.4, -0.2) is 43.9 Å². The van der Waals surface area contributed by atoms with E-state index in [1.165, 1.54) is 0 Å². The third kappa shape index (κ3) is 3.44. The van der Waals surface area contributed by atoms with Crippen molar-refractivity contribution in [3.8, 4) is 11.5 Å². The lowest BCUT2D eigenvalue weighted by Crippen LogP contribution is -2.38. The van der Waals surface area contributed by atoms with Gasteiger partial charge in [0.2, 0.25) is 0 Å². The van der Waals surface area contributed by atoms with E-state index < -0.39 is 0 Å². The molecule has 6 nitrogen and oxygen atoms in total. The molecule has 2 aliphatic heterocycles. The molecule has 0 fully saturated rings. The Hall–Kier alpha value is -3.67. The first-order chi connectivity index (χ1) is 15.2. The van der Waals surface area contributed by atoms with Crippen molar-refractivity contribution >= 4 is 34.4 Å². The second-order valence-electron chi connectivity index (χ2n) is 7.64. The van der Waals surface area contributed by atoms with Gasteiger partial charge in [-0.3, -0.25) is 9.79 Å². The first kappa shape index (κ1) is 19.3. The molecule has 2 aromatic carbocycles. The molecule has 3 heterocycles. The van der Waals surface area contributed by atoms with Crippen LogP contribution in [0.3, 0.4) is 0 Å². The Balaban J connectivity index is 1.65. The first-order valence-electron chi connectivity index (χ1n) is 10.4. The Kier molecular flexibility index (Phi) is 4.90. The molecule has 1 aromatic heterocycles. The molecule has 5 rings (SSSR count). The highest BCUT2D eigenvalue weighted by atomic mass is 16.5. The molecule has 0 saturated carbocycles. The van der Waals surface area contributed by atoms with Gasteiger partial charge >= 0.3 is 0 Å². The molecule has 0 N–H and O–H groups in total. The number of benzene rings is 2. The maximum absolute atomic E-state index is 13.5. The van der Waals surface area contributed by atoms with Crippen LogP contribution in [0, 0.1) is 0 Å². The van der Waals surface area contributed by atoms with Crippen molar-refractivity contribution in [2.45, 2.75) is 12.8 Å². The van der Waals surface area contributed by atoms with Gasteiger partial charge in [0, 0.05) is 35.7 Å². The number of rotatable bonds is 4. The summed E-state index contributed by atoms with van der Waals surface area (Å²) in [7, 11) is 3.27. The van der Waals surface area contributed by atoms with Crippen LogP contribution in [0.25, 0.3) is 17.0 Å². The molecule has 3 aromatic rings. The average Bonchev–Trinajstić information content (AvgIpc) is 3.08. The van der Waals surface area contributed by atoms with Crippen molar-refractivity contribution in [3.05, 3.63) is 65.2 Å². The number of anilines is 1. The van der Waals surface area contributed by atoms with Gasteiger partial charge in [-0.1, -0.05) is 0 Å². The van der Waals surface area contributed by atoms with E-state index in [-0.39, 0.29) is 5.78 Å². The summed E-state index contributed by atoms with van der Waals surface area (Å²) in [5.41, 5.74) is 3.01. The molecule has 31 heavy (non-hydrogen) atoms. The molecule has 0 spiro atoms. The fourth-order valence-corrected chi connectivity index (χ4v) is 4.08. The van der Waals surface area contributed by atoms with Gasteiger partial charge in [0.25, 0.3) is 0 Å². The summed E-state index contributed by atoms with van der Waals surface area (Å²) in [6.07, 6.45) is 3.91. The second-order valence-corrected chi connectivity index (χ2v) is 7.64. The highest BCUT2D eigenvalue weighted by molar-refractivity contribution is 6.35. The zero-order valence-electron chi connectivity index (χ0n) is 17.6. The smallest absolute Gasteiger partial charge is 0.196 e. The van der Waals surface area contributed by atoms with Crippen molar-refractivity contribution in [3.63, 3.8) is 0 Å². The minimum Gasteiger partial charge on any atom is -0.497 e. The second kappa shape index (κ2) is 7.87. The number of carbonyl (C=O) groups is 1. The molecular formula is C25H23N3O3. The number of ketones is 1. The van der Waals surface area contributed by atoms with Crippen LogP contribution in [0.15, 0.2) is 59.1 Å². The number of aliphatic imine (C=N–C) groups is 1. The summed E-state index contributed by atoms with van der Waals surface area (Å²) < 4.78 is 10.6. The lowest BCUT2D eigenvalue weighted by molar-refractivity contribution is 0.104. The lowest BCUT2D eigenvalue weighted by Gasteiger charge is -2.30. The largest absolute Gasteiger partial charge is 0.497 e. The summed E-state index contributed by atoms with van der Waals surface area (Å²) in [6.45, 7) is 1.48. The maximum atomic E-state index is 13.5. The molecular weight excluding hydrogens is 390 g/mol. The van der Waals surface area contributed by atoms with E-state index in [9.17, 15) is 4.79 Å². The van der Waals surface area contributed by atoms with Gasteiger partial charge in [0.15, 0.2) is 5.78 Å². The molecule has 0 amide bonds. The molecule has 156 valence electrons. The van der Waals surface area contributed by atoms with Gasteiger partial charge < -0.3 is 14.4 Å². The van der Waals surface area contributed by atoms with Gasteiger partial charge in [0.1, 0.15) is 23.2 Å². The standard InChI is InChI=1S/C25H23N3O3/c1-30-19-8-5-16(6-9-19)23(29)21-14-18-13-17-7-10-20(31-2)15-22(17)27-24(18)28-12-4-3-11-26-25(21)28/h5-10,13-15H,3-4,11-12H2,1-2H3. The van der Waals surface area contributed by atoms with Crippen LogP contribution in [0.2, 0.25) is 0 Å². The van der Waals surface area contributed by atoms with Gasteiger partial charge in [-0.05, 0) is 61.4 Å². The Morgan fingerprint density at radius 1 is 0.968 bits per heavy atom. The topological polar surface area (TPSA) is 64.0 Å². The monoisotopic (exact) mass is 413 g/mol. The van der Waals surface area contributed by atoms with E-state index in [0.29, 0.717) is 23.5 Å². The Morgan fingerprint density at radius 2 is 1.74 bits per heavy atom. The van der Waals surface area contributed by atoms with E-state index in [1.807, 2.05) is 24.3 Å². The quantitative estimate of drug-likeness (QED) is 0.588. The number of nitrogens with zero attached hydrogens (tertiary/aromatic N) is 3. The lowest BCUT2D eigenvalue weighted by atomic mass is 9.95. The first-order valence-corrected chi connectivity index (χ1v) is 10.4. The van der Waals surface area contributed by atoms with Crippen LogP contribution < -0.4 is 14.4 Å². The summed E-state index contributed by atoms with van der Waals surface area (Å²) in [5.74, 6) is 2.99. The Morgan fingerprint density at radius 3 is 2.52 bits per heavy atom. The molecule has 0 bridgehead atoms. The maximum Gasteiger partial charge on any atom is 0.196 e. The fourth-order valence-electron chi connectivity index (χ4n) is 4.08. The number of hydrogen-bond acceptors (Lipinski definition) is 6. The molecule has 2 aliphatic rings. The van der Waals surface area contributed by atoms with Crippen LogP contribution in [0.5, 0.6) is 11.5 Å². The normalized spacial score (nSPS) is 15.4. The number of ether oxygens (including phenoxy) is 2. The minimum absolute atomic E-state index is 0.0474. The van der Waals surface area contributed by atoms with Gasteiger partial charge in [-0.2, -0.15) is 0 Å². The number of Topliss-reactive ketones (excluding diaryl/α,β-unsaturated/α-hetero) is 1. The van der Waals surface area contributed by atoms with E-state index in [4.69, 9.17) is 19.5 Å². The van der Waals surface area contributed by atoms with Crippen LogP contribution in [0.1, 0.15) is 28.8 Å². The number of hydrogen-bond donors (Lipinski definition) is 0. The molecule has 0 radical (unpaired) electrons. The van der Waals surface area contributed by atoms with E-state index in [2.05, 4.69) is 11.0 Å². The van der Waals surface area contributed by atoms with Gasteiger partial charge in [-0.25, -0.2) is 4.98 Å². The number of carbonyl (C=O) groups excluding carboxylic acids is 1. The van der Waals surface area contributed by atoms with Crippen LogP contribution >= 0.6 is 0 Å². The summed E-state index contributed by atoms with van der Waals surface area (Å²) in [6, 6.07) is 15.1. The average molecular weight is 413 g/mol. The summed E-state index contributed by atoms with van der Waals surface area (Å²) in [5, 5.41) is 1.00. The highest BCUT2D eigenvalue weighted by Crippen LogP contribution is 2.34. The predicted octanol–water partition coefficient (Wildman–Crippen LogP) is 4.53. The number of amidine groups is 1. The predicted molar refractivity (Wildman–Crippen MR) is 122 cm³/mol. The Bertz CT molecular complexity index is 1230. The van der Waals surface area contributed by atoms with Gasteiger partial charge in [0.05, 0.1) is 25.3 Å². The van der Waals surface area contributed by atoms with Crippen molar-refractivity contribution in [1.29, 1.82) is 0 Å². The Labute approximate surface area is 180 Å². The number of fused-ring (bicyclic) bond motifs is 4. The van der Waals surface area contributed by atoms with Crippen molar-refractivity contribution in [1.82, 2.24) is 4.98 Å². The zero-order valence-corrected chi connectivity index (χ0v) is 17.6. The van der Waals surface area contributed by atoms with Crippen molar-refractivity contribution < 1.29 is 14.3 Å². The van der Waals surface area contributed by atoms with Crippen LogP contribution in [0.4, 0.5) is 5.82 Å². The third-order valence-electron chi connectivity index (χ3n) is 5.73. The van der Waals surface area contributed by atoms with E-state index in [0.717, 1.165) is 53.2 Å². The molecule has 0 unspecified atom stereocenters. The summed E-state index contributed by atoms with van der Waals surface area (Å²) >= 11 is 0. The van der Waals surface area contributed by atoms with Crippen molar-refractivity contribution in [2.24, 2.45) is 4.99 Å². The highest BCUT2D eigenvalue weighted by Gasteiger charge is 2.31. The fraction of sp³-hybridized carbons (Fsp3) is 0.240. The zero-order chi connectivity index (χ0) is 21.4. The molecule has 6 heteroatoms. The summed E-state index contributed by atoms with van der Waals surface area (Å²) in [4.78, 5) is 25.3. The van der Waals surface area contributed by atoms with Gasteiger partial charge in [-0.15, -0.1) is 0 Å². The third-order valence-corrected chi connectivity index (χ3v) is 5.73.